The second kappa shape index (κ2) is 10.4. The first-order valence-corrected chi connectivity index (χ1v) is 12.9. The molecule has 0 atom stereocenters. The monoisotopic (exact) mass is 494 g/mol. The first-order chi connectivity index (χ1) is 15.8. The lowest BCUT2D eigenvalue weighted by Gasteiger charge is -2.32. The van der Waals surface area contributed by atoms with Crippen LogP contribution in [0.25, 0.3) is 11.3 Å². The van der Waals surface area contributed by atoms with Gasteiger partial charge in [-0.25, -0.2) is 4.39 Å². The summed E-state index contributed by atoms with van der Waals surface area (Å²) in [5.74, 6) is -0.247. The molecule has 2 saturated carbocycles. The Hall–Kier alpha value is -1.56. The lowest BCUT2D eigenvalue weighted by Crippen LogP contribution is -2.44. The molecule has 1 aromatic heterocycles. The minimum atomic E-state index is -0.835. The zero-order chi connectivity index (χ0) is 23.6. The maximum absolute atomic E-state index is 14.4. The third-order valence-electron chi connectivity index (χ3n) is 7.42. The second-order valence-electron chi connectivity index (χ2n) is 9.86. The molecule has 0 unspecified atom stereocenters. The molecule has 1 aromatic carbocycles. The second-order valence-corrected chi connectivity index (χ2v) is 10.7. The SMILES string of the molecule is Cc1c(C(=O)NCC2(O)CCCCC2)cc(-c2cc(F)c(Cl)cc2Cl)n1CC1CCCCC1. The van der Waals surface area contributed by atoms with Crippen molar-refractivity contribution in [2.45, 2.75) is 83.3 Å². The van der Waals surface area contributed by atoms with E-state index >= 15 is 0 Å². The summed E-state index contributed by atoms with van der Waals surface area (Å²) in [5.41, 5.74) is 1.78. The highest BCUT2D eigenvalue weighted by molar-refractivity contribution is 6.36. The normalized spacial score (nSPS) is 18.9. The number of rotatable bonds is 6. The Kier molecular flexibility index (Phi) is 7.72. The number of aliphatic hydroxyl groups is 1. The molecular formula is C26H33Cl2FN2O2. The van der Waals surface area contributed by atoms with Gasteiger partial charge in [0.05, 0.1) is 26.9 Å². The van der Waals surface area contributed by atoms with Gasteiger partial charge in [-0.15, -0.1) is 0 Å². The largest absolute Gasteiger partial charge is 0.388 e. The van der Waals surface area contributed by atoms with Gasteiger partial charge in [0.1, 0.15) is 5.82 Å². The number of hydrogen-bond donors (Lipinski definition) is 2. The van der Waals surface area contributed by atoms with E-state index in [9.17, 15) is 14.3 Å². The van der Waals surface area contributed by atoms with Crippen molar-refractivity contribution in [1.29, 1.82) is 0 Å². The van der Waals surface area contributed by atoms with Crippen LogP contribution in [0.2, 0.25) is 10.0 Å². The molecule has 4 nitrogen and oxygen atoms in total. The van der Waals surface area contributed by atoms with Crippen LogP contribution in [0.3, 0.4) is 0 Å². The van der Waals surface area contributed by atoms with Crippen LogP contribution in [0.15, 0.2) is 18.2 Å². The number of amides is 1. The van der Waals surface area contributed by atoms with E-state index in [0.29, 0.717) is 34.9 Å². The summed E-state index contributed by atoms with van der Waals surface area (Å²) in [6.07, 6.45) is 10.5. The first kappa shape index (κ1) is 24.6. The van der Waals surface area contributed by atoms with Crippen LogP contribution < -0.4 is 5.32 Å². The third kappa shape index (κ3) is 5.58. The molecule has 0 saturated heterocycles. The number of carbonyl (C=O) groups excluding carboxylic acids is 1. The highest BCUT2D eigenvalue weighted by atomic mass is 35.5. The van der Waals surface area contributed by atoms with E-state index in [2.05, 4.69) is 9.88 Å². The average Bonchev–Trinajstić information content (AvgIpc) is 3.12. The van der Waals surface area contributed by atoms with Gasteiger partial charge in [-0.05, 0) is 56.7 Å². The molecule has 7 heteroatoms. The van der Waals surface area contributed by atoms with Gasteiger partial charge in [0.2, 0.25) is 0 Å². The molecule has 1 amide bonds. The van der Waals surface area contributed by atoms with Crippen LogP contribution in [-0.4, -0.2) is 27.7 Å². The van der Waals surface area contributed by atoms with Crippen molar-refractivity contribution >= 4 is 29.1 Å². The Morgan fingerprint density at radius 3 is 2.45 bits per heavy atom. The number of nitrogens with zero attached hydrogens (tertiary/aromatic N) is 1. The molecule has 0 spiro atoms. The Labute approximate surface area is 205 Å². The van der Waals surface area contributed by atoms with Crippen LogP contribution in [0.5, 0.6) is 0 Å². The highest BCUT2D eigenvalue weighted by Crippen LogP contribution is 2.37. The zero-order valence-corrected chi connectivity index (χ0v) is 20.7. The Morgan fingerprint density at radius 2 is 1.76 bits per heavy atom. The Balaban J connectivity index is 1.65. The summed E-state index contributed by atoms with van der Waals surface area (Å²) < 4.78 is 16.5. The topological polar surface area (TPSA) is 54.3 Å². The van der Waals surface area contributed by atoms with Crippen LogP contribution >= 0.6 is 23.2 Å². The van der Waals surface area contributed by atoms with Gasteiger partial charge in [-0.2, -0.15) is 0 Å². The number of benzene rings is 1. The highest BCUT2D eigenvalue weighted by Gasteiger charge is 2.30. The zero-order valence-electron chi connectivity index (χ0n) is 19.2. The molecule has 0 aliphatic heterocycles. The molecule has 33 heavy (non-hydrogen) atoms. The molecule has 2 aliphatic carbocycles. The summed E-state index contributed by atoms with van der Waals surface area (Å²) in [4.78, 5) is 13.2. The molecule has 0 bridgehead atoms. The number of nitrogens with one attached hydrogen (secondary N) is 1. The van der Waals surface area contributed by atoms with E-state index in [1.54, 1.807) is 6.07 Å². The van der Waals surface area contributed by atoms with Crippen molar-refractivity contribution in [1.82, 2.24) is 9.88 Å². The molecule has 2 fully saturated rings. The van der Waals surface area contributed by atoms with Gasteiger partial charge in [0.15, 0.2) is 0 Å². The minimum Gasteiger partial charge on any atom is -0.388 e. The molecule has 2 N–H and O–H groups in total. The predicted molar refractivity (Wildman–Crippen MR) is 132 cm³/mol. The van der Waals surface area contributed by atoms with Gasteiger partial charge >= 0.3 is 0 Å². The minimum absolute atomic E-state index is 0.0236. The quantitative estimate of drug-likeness (QED) is 0.428. The van der Waals surface area contributed by atoms with Crippen molar-refractivity contribution in [3.63, 3.8) is 0 Å². The van der Waals surface area contributed by atoms with Crippen molar-refractivity contribution in [3.8, 4) is 11.3 Å². The molecular weight excluding hydrogens is 462 g/mol. The number of halogens is 3. The third-order valence-corrected chi connectivity index (χ3v) is 8.03. The predicted octanol–water partition coefficient (Wildman–Crippen LogP) is 6.91. The molecule has 0 radical (unpaired) electrons. The average molecular weight is 495 g/mol. The van der Waals surface area contributed by atoms with Gasteiger partial charge in [-0.3, -0.25) is 4.79 Å². The van der Waals surface area contributed by atoms with E-state index in [4.69, 9.17) is 23.2 Å². The fraction of sp³-hybridized carbons (Fsp3) is 0.577. The molecule has 2 aromatic rings. The van der Waals surface area contributed by atoms with E-state index < -0.39 is 11.4 Å². The number of hydrogen-bond acceptors (Lipinski definition) is 2. The van der Waals surface area contributed by atoms with Crippen molar-refractivity contribution in [2.75, 3.05) is 6.54 Å². The fourth-order valence-electron chi connectivity index (χ4n) is 5.41. The molecule has 1 heterocycles. The summed E-state index contributed by atoms with van der Waals surface area (Å²) in [7, 11) is 0. The lowest BCUT2D eigenvalue weighted by molar-refractivity contribution is 0.00525. The summed E-state index contributed by atoms with van der Waals surface area (Å²) in [6.45, 7) is 2.93. The van der Waals surface area contributed by atoms with Gasteiger partial charge in [0.25, 0.3) is 5.91 Å². The van der Waals surface area contributed by atoms with Gasteiger partial charge < -0.3 is 15.0 Å². The van der Waals surface area contributed by atoms with E-state index in [0.717, 1.165) is 50.0 Å². The fourth-order valence-corrected chi connectivity index (χ4v) is 5.89. The van der Waals surface area contributed by atoms with E-state index in [-0.39, 0.29) is 17.5 Å². The lowest BCUT2D eigenvalue weighted by atomic mass is 9.85. The number of carbonyl (C=O) groups is 1. The maximum Gasteiger partial charge on any atom is 0.253 e. The van der Waals surface area contributed by atoms with Crippen molar-refractivity contribution in [3.05, 3.63) is 45.3 Å². The summed E-state index contributed by atoms with van der Waals surface area (Å²) >= 11 is 12.4. The standard InChI is InChI=1S/C26H33Cl2FN2O2/c1-17-19(25(32)30-16-26(33)10-6-3-7-11-26)13-24(20-12-23(29)22(28)14-21(20)27)31(17)15-18-8-4-2-5-9-18/h12-14,18,33H,2-11,15-16H2,1H3,(H,30,32). The van der Waals surface area contributed by atoms with Gasteiger partial charge in [0, 0.05) is 24.3 Å². The Morgan fingerprint density at radius 1 is 1.09 bits per heavy atom. The molecule has 2 aliphatic rings. The van der Waals surface area contributed by atoms with Crippen LogP contribution in [0.4, 0.5) is 4.39 Å². The smallest absolute Gasteiger partial charge is 0.253 e. The number of aromatic nitrogens is 1. The van der Waals surface area contributed by atoms with Crippen molar-refractivity contribution in [2.24, 2.45) is 5.92 Å². The maximum atomic E-state index is 14.4. The Bertz CT molecular complexity index is 1010. The van der Waals surface area contributed by atoms with Crippen LogP contribution in [-0.2, 0) is 6.54 Å². The van der Waals surface area contributed by atoms with Crippen molar-refractivity contribution < 1.29 is 14.3 Å². The van der Waals surface area contributed by atoms with E-state index in [1.165, 1.54) is 31.4 Å². The summed E-state index contributed by atoms with van der Waals surface area (Å²) in [5, 5.41) is 14.1. The molecule has 180 valence electrons. The first-order valence-electron chi connectivity index (χ1n) is 12.1. The van der Waals surface area contributed by atoms with Gasteiger partial charge in [-0.1, -0.05) is 61.7 Å². The summed E-state index contributed by atoms with van der Waals surface area (Å²) in [6, 6.07) is 4.57. The van der Waals surface area contributed by atoms with E-state index in [1.807, 2.05) is 6.92 Å². The van der Waals surface area contributed by atoms with Crippen LogP contribution in [0, 0.1) is 18.7 Å². The van der Waals surface area contributed by atoms with Crippen LogP contribution in [0.1, 0.15) is 80.3 Å². The molecule has 4 rings (SSSR count).